The van der Waals surface area contributed by atoms with Crippen molar-refractivity contribution in [3.05, 3.63) is 59.4 Å². The lowest BCUT2D eigenvalue weighted by molar-refractivity contribution is 0.0730. The number of nitrogens with one attached hydrogen (secondary N) is 1. The van der Waals surface area contributed by atoms with Crippen molar-refractivity contribution >= 4 is 15.9 Å². The number of carbonyl (C=O) groups is 1. The summed E-state index contributed by atoms with van der Waals surface area (Å²) < 4.78 is 32.6. The zero-order valence-corrected chi connectivity index (χ0v) is 19.2. The van der Waals surface area contributed by atoms with E-state index in [1.165, 1.54) is 10.4 Å². The average molecular weight is 459 g/mol. The number of rotatable bonds is 6. The number of aromatic nitrogens is 1. The molecular weight excluding hydrogens is 428 g/mol. The number of sulfonamides is 1. The molecule has 2 aliphatic rings. The summed E-state index contributed by atoms with van der Waals surface area (Å²) in [6, 6.07) is 10.8. The fourth-order valence-electron chi connectivity index (χ4n) is 4.16. The Hall–Kier alpha value is -2.33. The standard InChI is InChI=1S/C23H30N4O4S/c1-18-5-6-21(32(29,30)27-12-14-31-15-13-27)16-22(18)23(28)25-19-7-10-26(11-8-19)17-20-4-2-3-9-24-20/h2-6,9,16,19H,7-8,10-15,17H2,1H3,(H,25,28). The zero-order chi connectivity index (χ0) is 22.6. The minimum atomic E-state index is -3.64. The number of carbonyl (C=O) groups excluding carboxylic acids is 1. The van der Waals surface area contributed by atoms with Crippen LogP contribution in [0, 0.1) is 6.92 Å². The molecule has 0 atom stereocenters. The number of aryl methyl sites for hydroxylation is 1. The summed E-state index contributed by atoms with van der Waals surface area (Å²) in [5.74, 6) is -0.218. The van der Waals surface area contributed by atoms with Crippen molar-refractivity contribution in [3.8, 4) is 0 Å². The van der Waals surface area contributed by atoms with Gasteiger partial charge in [0.1, 0.15) is 0 Å². The van der Waals surface area contributed by atoms with Gasteiger partial charge in [-0.3, -0.25) is 14.7 Å². The highest BCUT2D eigenvalue weighted by Crippen LogP contribution is 2.21. The third-order valence-corrected chi connectivity index (χ3v) is 7.99. The number of amides is 1. The van der Waals surface area contributed by atoms with E-state index in [4.69, 9.17) is 4.74 Å². The van der Waals surface area contributed by atoms with Crippen LogP contribution in [0.2, 0.25) is 0 Å². The van der Waals surface area contributed by atoms with Crippen LogP contribution in [-0.2, 0) is 21.3 Å². The molecule has 0 bridgehead atoms. The first-order valence-electron chi connectivity index (χ1n) is 11.0. The lowest BCUT2D eigenvalue weighted by Crippen LogP contribution is -2.44. The van der Waals surface area contributed by atoms with Crippen molar-refractivity contribution in [1.82, 2.24) is 19.5 Å². The third-order valence-electron chi connectivity index (χ3n) is 6.10. The third kappa shape index (κ3) is 5.35. The number of morpholine rings is 1. The number of pyridine rings is 1. The van der Waals surface area contributed by atoms with Crippen LogP contribution in [0.25, 0.3) is 0 Å². The van der Waals surface area contributed by atoms with Gasteiger partial charge in [-0.2, -0.15) is 4.31 Å². The van der Waals surface area contributed by atoms with Crippen molar-refractivity contribution in [2.24, 2.45) is 0 Å². The SMILES string of the molecule is Cc1ccc(S(=O)(=O)N2CCOCC2)cc1C(=O)NC1CCN(Cc2ccccn2)CC1. The van der Waals surface area contributed by atoms with Crippen LogP contribution in [0.1, 0.15) is 34.5 Å². The molecule has 0 spiro atoms. The lowest BCUT2D eigenvalue weighted by atomic mass is 10.0. The summed E-state index contributed by atoms with van der Waals surface area (Å²) in [6.45, 7) is 5.83. The van der Waals surface area contributed by atoms with E-state index < -0.39 is 10.0 Å². The molecule has 1 aromatic heterocycles. The molecule has 172 valence electrons. The second-order valence-corrected chi connectivity index (χ2v) is 10.3. The van der Waals surface area contributed by atoms with Gasteiger partial charge < -0.3 is 10.1 Å². The molecule has 32 heavy (non-hydrogen) atoms. The van der Waals surface area contributed by atoms with Gasteiger partial charge in [0, 0.05) is 50.5 Å². The Morgan fingerprint density at radius 2 is 1.88 bits per heavy atom. The fourth-order valence-corrected chi connectivity index (χ4v) is 5.60. The van der Waals surface area contributed by atoms with Gasteiger partial charge in [0.2, 0.25) is 10.0 Å². The van der Waals surface area contributed by atoms with Crippen molar-refractivity contribution in [3.63, 3.8) is 0 Å². The maximum atomic E-state index is 13.0. The van der Waals surface area contributed by atoms with Crippen LogP contribution in [0.3, 0.4) is 0 Å². The van der Waals surface area contributed by atoms with Crippen LogP contribution < -0.4 is 5.32 Å². The van der Waals surface area contributed by atoms with E-state index in [0.29, 0.717) is 31.9 Å². The Bertz CT molecular complexity index is 1030. The molecule has 0 saturated carbocycles. The summed E-state index contributed by atoms with van der Waals surface area (Å²) in [4.78, 5) is 19.9. The first-order valence-corrected chi connectivity index (χ1v) is 12.5. The Labute approximate surface area is 189 Å². The lowest BCUT2D eigenvalue weighted by Gasteiger charge is -2.32. The van der Waals surface area contributed by atoms with E-state index in [2.05, 4.69) is 15.2 Å². The Kier molecular flexibility index (Phi) is 7.20. The number of nitrogens with zero attached hydrogens (tertiary/aromatic N) is 3. The summed E-state index contributed by atoms with van der Waals surface area (Å²) in [5.41, 5.74) is 2.22. The number of hydrogen-bond acceptors (Lipinski definition) is 6. The normalized spacial score (nSPS) is 19.0. The van der Waals surface area contributed by atoms with Gasteiger partial charge in [-0.15, -0.1) is 0 Å². The van der Waals surface area contributed by atoms with E-state index in [0.717, 1.165) is 43.7 Å². The number of likely N-dealkylation sites (tertiary alicyclic amines) is 1. The van der Waals surface area contributed by atoms with Crippen LogP contribution >= 0.6 is 0 Å². The van der Waals surface area contributed by atoms with E-state index in [1.54, 1.807) is 18.3 Å². The smallest absolute Gasteiger partial charge is 0.251 e. The average Bonchev–Trinajstić information content (AvgIpc) is 2.82. The maximum absolute atomic E-state index is 13.0. The number of benzene rings is 1. The minimum absolute atomic E-state index is 0.0707. The molecule has 1 amide bonds. The molecule has 2 saturated heterocycles. The van der Waals surface area contributed by atoms with Gasteiger partial charge in [-0.25, -0.2) is 8.42 Å². The molecule has 1 N–H and O–H groups in total. The Morgan fingerprint density at radius 3 is 2.56 bits per heavy atom. The maximum Gasteiger partial charge on any atom is 0.251 e. The van der Waals surface area contributed by atoms with Crippen molar-refractivity contribution in [1.29, 1.82) is 0 Å². The van der Waals surface area contributed by atoms with Gasteiger partial charge in [0.15, 0.2) is 0 Å². The van der Waals surface area contributed by atoms with Crippen LogP contribution in [0.15, 0.2) is 47.5 Å². The molecule has 2 fully saturated rings. The molecular formula is C23H30N4O4S. The van der Waals surface area contributed by atoms with Crippen LogP contribution in [0.5, 0.6) is 0 Å². The van der Waals surface area contributed by atoms with E-state index in [-0.39, 0.29) is 16.8 Å². The summed E-state index contributed by atoms with van der Waals surface area (Å²) in [5, 5.41) is 3.11. The van der Waals surface area contributed by atoms with Crippen molar-refractivity contribution in [2.45, 2.75) is 37.2 Å². The quantitative estimate of drug-likeness (QED) is 0.710. The molecule has 9 heteroatoms. The van der Waals surface area contributed by atoms with E-state index in [9.17, 15) is 13.2 Å². The summed E-state index contributed by atoms with van der Waals surface area (Å²) in [7, 11) is -3.64. The largest absolute Gasteiger partial charge is 0.379 e. The van der Waals surface area contributed by atoms with Gasteiger partial charge in [-0.1, -0.05) is 12.1 Å². The van der Waals surface area contributed by atoms with Gasteiger partial charge in [-0.05, 0) is 49.6 Å². The molecule has 0 unspecified atom stereocenters. The topological polar surface area (TPSA) is 91.8 Å². The number of hydrogen-bond donors (Lipinski definition) is 1. The molecule has 0 radical (unpaired) electrons. The molecule has 2 aromatic rings. The van der Waals surface area contributed by atoms with Crippen LogP contribution in [0.4, 0.5) is 0 Å². The zero-order valence-electron chi connectivity index (χ0n) is 18.4. The fraction of sp³-hybridized carbons (Fsp3) is 0.478. The first kappa shape index (κ1) is 22.8. The van der Waals surface area contributed by atoms with Gasteiger partial charge in [0.05, 0.1) is 23.8 Å². The molecule has 8 nitrogen and oxygen atoms in total. The van der Waals surface area contributed by atoms with Gasteiger partial charge in [0.25, 0.3) is 5.91 Å². The van der Waals surface area contributed by atoms with Crippen molar-refractivity contribution < 1.29 is 17.9 Å². The Morgan fingerprint density at radius 1 is 1.12 bits per heavy atom. The van der Waals surface area contributed by atoms with Crippen LogP contribution in [-0.4, -0.2) is 73.9 Å². The first-order chi connectivity index (χ1) is 15.4. The highest BCUT2D eigenvalue weighted by atomic mass is 32.2. The van der Waals surface area contributed by atoms with E-state index >= 15 is 0 Å². The molecule has 4 rings (SSSR count). The number of piperidine rings is 1. The second-order valence-electron chi connectivity index (χ2n) is 8.34. The van der Waals surface area contributed by atoms with Crippen molar-refractivity contribution in [2.75, 3.05) is 39.4 Å². The second kappa shape index (κ2) is 10.1. The monoisotopic (exact) mass is 458 g/mol. The minimum Gasteiger partial charge on any atom is -0.379 e. The Balaban J connectivity index is 1.38. The molecule has 3 heterocycles. The molecule has 1 aromatic carbocycles. The predicted octanol–water partition coefficient (Wildman–Crippen LogP) is 1.81. The summed E-state index contributed by atoms with van der Waals surface area (Å²) in [6.07, 6.45) is 3.50. The summed E-state index contributed by atoms with van der Waals surface area (Å²) >= 11 is 0. The molecule has 0 aliphatic carbocycles. The van der Waals surface area contributed by atoms with E-state index in [1.807, 2.05) is 25.1 Å². The number of ether oxygens (including phenoxy) is 1. The highest BCUT2D eigenvalue weighted by Gasteiger charge is 2.28. The highest BCUT2D eigenvalue weighted by molar-refractivity contribution is 7.89. The predicted molar refractivity (Wildman–Crippen MR) is 121 cm³/mol. The molecule has 2 aliphatic heterocycles. The van der Waals surface area contributed by atoms with Gasteiger partial charge >= 0.3 is 0 Å².